The first-order valence-corrected chi connectivity index (χ1v) is 6.39. The van der Waals surface area contributed by atoms with E-state index < -0.39 is 0 Å². The maximum absolute atomic E-state index is 11.6. The normalized spacial score (nSPS) is 11.1. The second-order valence-electron chi connectivity index (χ2n) is 5.09. The fourth-order valence-corrected chi connectivity index (χ4v) is 1.83. The average molecular weight is 299 g/mol. The van der Waals surface area contributed by atoms with Crippen LogP contribution < -0.4 is 10.6 Å². The summed E-state index contributed by atoms with van der Waals surface area (Å²) in [5.74, 6) is -0.00842. The fourth-order valence-electron chi connectivity index (χ4n) is 1.42. The minimum absolute atomic E-state index is 0.00842. The Kier molecular flexibility index (Phi) is 4.57. The molecule has 94 valence electrons. The number of hydrogen-bond donors (Lipinski definition) is 2. The summed E-state index contributed by atoms with van der Waals surface area (Å²) in [5, 5.41) is 6.02. The molecule has 0 bridgehead atoms. The molecule has 0 spiro atoms. The summed E-state index contributed by atoms with van der Waals surface area (Å²) in [6, 6.07) is 5.93. The topological polar surface area (TPSA) is 41.1 Å². The van der Waals surface area contributed by atoms with Crippen LogP contribution in [0.2, 0.25) is 0 Å². The van der Waals surface area contributed by atoms with Gasteiger partial charge in [0.25, 0.3) is 0 Å². The van der Waals surface area contributed by atoms with E-state index in [9.17, 15) is 4.79 Å². The molecule has 17 heavy (non-hydrogen) atoms. The summed E-state index contributed by atoms with van der Waals surface area (Å²) >= 11 is 3.50. The van der Waals surface area contributed by atoms with Crippen molar-refractivity contribution in [1.29, 1.82) is 0 Å². The van der Waals surface area contributed by atoms with Crippen LogP contribution >= 0.6 is 15.9 Å². The number of carbonyl (C=O) groups is 1. The lowest BCUT2D eigenvalue weighted by Gasteiger charge is -2.21. The molecule has 0 aliphatic carbocycles. The molecule has 0 unspecified atom stereocenters. The van der Waals surface area contributed by atoms with Crippen LogP contribution in [0.4, 0.5) is 5.69 Å². The van der Waals surface area contributed by atoms with Gasteiger partial charge in [-0.2, -0.15) is 0 Å². The van der Waals surface area contributed by atoms with E-state index in [1.54, 1.807) is 0 Å². The first-order valence-electron chi connectivity index (χ1n) is 5.59. The van der Waals surface area contributed by atoms with Crippen LogP contribution in [0.3, 0.4) is 0 Å². The van der Waals surface area contributed by atoms with Gasteiger partial charge in [-0.1, -0.05) is 12.1 Å². The van der Waals surface area contributed by atoms with Crippen LogP contribution in [-0.4, -0.2) is 18.0 Å². The van der Waals surface area contributed by atoms with E-state index in [-0.39, 0.29) is 18.0 Å². The lowest BCUT2D eigenvalue weighted by atomic mass is 10.1. The molecule has 0 aliphatic heterocycles. The van der Waals surface area contributed by atoms with Gasteiger partial charge in [-0.3, -0.25) is 4.79 Å². The van der Waals surface area contributed by atoms with E-state index in [4.69, 9.17) is 0 Å². The SMILES string of the molecule is Cc1cccc(NCC(=O)NC(C)(C)C)c1Br. The number of hydrogen-bond acceptors (Lipinski definition) is 2. The zero-order valence-electron chi connectivity index (χ0n) is 10.7. The molecule has 0 aromatic heterocycles. The first kappa shape index (κ1) is 14.0. The van der Waals surface area contributed by atoms with Crippen molar-refractivity contribution in [3.8, 4) is 0 Å². The number of amides is 1. The van der Waals surface area contributed by atoms with Crippen molar-refractivity contribution in [1.82, 2.24) is 5.32 Å². The maximum atomic E-state index is 11.6. The molecule has 1 rings (SSSR count). The Morgan fingerprint density at radius 3 is 2.59 bits per heavy atom. The molecule has 0 heterocycles. The molecule has 1 aromatic carbocycles. The molecule has 0 aliphatic rings. The Balaban J connectivity index is 2.56. The summed E-state index contributed by atoms with van der Waals surface area (Å²) in [5.41, 5.74) is 1.89. The van der Waals surface area contributed by atoms with Crippen LogP contribution in [-0.2, 0) is 4.79 Å². The third kappa shape index (κ3) is 4.77. The monoisotopic (exact) mass is 298 g/mol. The van der Waals surface area contributed by atoms with E-state index in [0.29, 0.717) is 0 Å². The summed E-state index contributed by atoms with van der Waals surface area (Å²) in [6.07, 6.45) is 0. The van der Waals surface area contributed by atoms with E-state index in [1.807, 2.05) is 45.9 Å². The standard InChI is InChI=1S/C13H19BrN2O/c1-9-6-5-7-10(12(9)14)15-8-11(17)16-13(2,3)4/h5-7,15H,8H2,1-4H3,(H,16,17). The Morgan fingerprint density at radius 1 is 1.35 bits per heavy atom. The number of benzene rings is 1. The van der Waals surface area contributed by atoms with E-state index in [1.165, 1.54) is 0 Å². The van der Waals surface area contributed by atoms with Crippen molar-refractivity contribution in [2.45, 2.75) is 33.2 Å². The quantitative estimate of drug-likeness (QED) is 0.900. The van der Waals surface area contributed by atoms with Crippen molar-refractivity contribution in [3.63, 3.8) is 0 Å². The number of halogens is 1. The Morgan fingerprint density at radius 2 is 2.00 bits per heavy atom. The molecule has 0 radical (unpaired) electrons. The molecule has 0 saturated carbocycles. The van der Waals surface area contributed by atoms with Gasteiger partial charge in [0, 0.05) is 15.7 Å². The highest BCUT2D eigenvalue weighted by atomic mass is 79.9. The van der Waals surface area contributed by atoms with Gasteiger partial charge in [0.1, 0.15) is 0 Å². The minimum atomic E-state index is -0.192. The summed E-state index contributed by atoms with van der Waals surface area (Å²) in [7, 11) is 0. The van der Waals surface area contributed by atoms with Gasteiger partial charge in [-0.05, 0) is 55.3 Å². The first-order chi connectivity index (χ1) is 7.79. The van der Waals surface area contributed by atoms with Gasteiger partial charge in [0.15, 0.2) is 0 Å². The second kappa shape index (κ2) is 5.54. The summed E-state index contributed by atoms with van der Waals surface area (Å²) < 4.78 is 1.00. The summed E-state index contributed by atoms with van der Waals surface area (Å²) in [4.78, 5) is 11.6. The van der Waals surface area contributed by atoms with Crippen molar-refractivity contribution < 1.29 is 4.79 Å². The predicted octanol–water partition coefficient (Wildman–Crippen LogP) is 3.08. The Hall–Kier alpha value is -1.03. The summed E-state index contributed by atoms with van der Waals surface area (Å²) in [6.45, 7) is 8.19. The Bertz CT molecular complexity index is 410. The van der Waals surface area contributed by atoms with Crippen LogP contribution in [0.5, 0.6) is 0 Å². The highest BCUT2D eigenvalue weighted by Gasteiger charge is 2.13. The van der Waals surface area contributed by atoms with Gasteiger partial charge in [-0.15, -0.1) is 0 Å². The van der Waals surface area contributed by atoms with Gasteiger partial charge >= 0.3 is 0 Å². The van der Waals surface area contributed by atoms with Crippen LogP contribution in [0.25, 0.3) is 0 Å². The third-order valence-corrected chi connectivity index (χ3v) is 3.20. The molecule has 0 atom stereocenters. The zero-order valence-corrected chi connectivity index (χ0v) is 12.3. The van der Waals surface area contributed by atoms with Crippen LogP contribution in [0.1, 0.15) is 26.3 Å². The smallest absolute Gasteiger partial charge is 0.239 e. The van der Waals surface area contributed by atoms with Gasteiger partial charge in [0.2, 0.25) is 5.91 Å². The van der Waals surface area contributed by atoms with E-state index in [0.717, 1.165) is 15.7 Å². The number of anilines is 1. The molecular formula is C13H19BrN2O. The lowest BCUT2D eigenvalue weighted by molar-refractivity contribution is -0.120. The molecule has 3 nitrogen and oxygen atoms in total. The molecule has 0 saturated heterocycles. The molecule has 2 N–H and O–H groups in total. The molecule has 4 heteroatoms. The zero-order chi connectivity index (χ0) is 13.1. The largest absolute Gasteiger partial charge is 0.375 e. The molecule has 1 amide bonds. The molecule has 0 fully saturated rings. The molecule has 1 aromatic rings. The highest BCUT2D eigenvalue weighted by Crippen LogP contribution is 2.25. The van der Waals surface area contributed by atoms with Crippen LogP contribution in [0, 0.1) is 6.92 Å². The third-order valence-electron chi connectivity index (χ3n) is 2.15. The predicted molar refractivity (Wildman–Crippen MR) is 75.3 cm³/mol. The maximum Gasteiger partial charge on any atom is 0.239 e. The average Bonchev–Trinajstić information content (AvgIpc) is 2.18. The lowest BCUT2D eigenvalue weighted by Crippen LogP contribution is -2.43. The fraction of sp³-hybridized carbons (Fsp3) is 0.462. The van der Waals surface area contributed by atoms with E-state index >= 15 is 0 Å². The van der Waals surface area contributed by atoms with Gasteiger partial charge in [0.05, 0.1) is 6.54 Å². The van der Waals surface area contributed by atoms with Crippen LogP contribution in [0.15, 0.2) is 22.7 Å². The highest BCUT2D eigenvalue weighted by molar-refractivity contribution is 9.10. The Labute approximate surface area is 111 Å². The van der Waals surface area contributed by atoms with Crippen molar-refractivity contribution >= 4 is 27.5 Å². The van der Waals surface area contributed by atoms with Crippen molar-refractivity contribution in [3.05, 3.63) is 28.2 Å². The number of aryl methyl sites for hydroxylation is 1. The van der Waals surface area contributed by atoms with Crippen molar-refractivity contribution in [2.75, 3.05) is 11.9 Å². The minimum Gasteiger partial charge on any atom is -0.375 e. The van der Waals surface area contributed by atoms with Gasteiger partial charge in [-0.25, -0.2) is 0 Å². The number of nitrogens with one attached hydrogen (secondary N) is 2. The van der Waals surface area contributed by atoms with Gasteiger partial charge < -0.3 is 10.6 Å². The number of rotatable bonds is 3. The number of carbonyl (C=O) groups excluding carboxylic acids is 1. The molecular weight excluding hydrogens is 280 g/mol. The van der Waals surface area contributed by atoms with Crippen molar-refractivity contribution in [2.24, 2.45) is 0 Å². The van der Waals surface area contributed by atoms with E-state index in [2.05, 4.69) is 26.6 Å². The second-order valence-corrected chi connectivity index (χ2v) is 5.88.